The van der Waals surface area contributed by atoms with Gasteiger partial charge in [-0.15, -0.1) is 0 Å². The molecule has 0 saturated carbocycles. The van der Waals surface area contributed by atoms with Crippen LogP contribution in [0.3, 0.4) is 0 Å². The molecule has 1 atom stereocenters. The summed E-state index contributed by atoms with van der Waals surface area (Å²) in [4.78, 5) is 12.1. The number of alkyl halides is 3. The summed E-state index contributed by atoms with van der Waals surface area (Å²) in [5.41, 5.74) is -3.68. The van der Waals surface area contributed by atoms with Crippen LogP contribution in [0, 0.1) is 5.82 Å². The second-order valence-corrected chi connectivity index (χ2v) is 4.64. The van der Waals surface area contributed by atoms with Gasteiger partial charge in [-0.2, -0.15) is 23.3 Å². The lowest BCUT2D eigenvalue weighted by Gasteiger charge is -2.32. The Hall–Kier alpha value is -1.96. The summed E-state index contributed by atoms with van der Waals surface area (Å²) in [6, 6.07) is 4.19. The molecule has 0 bridgehead atoms. The lowest BCUT2D eigenvalue weighted by atomic mass is 10.0. The number of hydrogen-bond donors (Lipinski definition) is 1. The molecule has 1 aliphatic heterocycles. The predicted octanol–water partition coefficient (Wildman–Crippen LogP) is 2.69. The maximum absolute atomic E-state index is 13.1. The Morgan fingerprint density at radius 2 is 2.14 bits per heavy atom. The van der Waals surface area contributed by atoms with Gasteiger partial charge in [-0.3, -0.25) is 4.79 Å². The SMILES string of the molecule is CCC1=NN(C(=O)c2cccc(F)c2)[C@@](O)(C(F)(F)F)C1. The molecule has 0 radical (unpaired) electrons. The summed E-state index contributed by atoms with van der Waals surface area (Å²) in [6.07, 6.45) is -5.73. The van der Waals surface area contributed by atoms with E-state index in [1.165, 1.54) is 6.07 Å². The Balaban J connectivity index is 2.43. The summed E-state index contributed by atoms with van der Waals surface area (Å²) in [7, 11) is 0. The zero-order valence-corrected chi connectivity index (χ0v) is 11.0. The fourth-order valence-corrected chi connectivity index (χ4v) is 1.99. The minimum Gasteiger partial charge on any atom is -0.362 e. The number of hydrazone groups is 1. The Kier molecular flexibility index (Phi) is 3.75. The van der Waals surface area contributed by atoms with Crippen LogP contribution < -0.4 is 0 Å². The van der Waals surface area contributed by atoms with Gasteiger partial charge >= 0.3 is 6.18 Å². The molecule has 0 saturated heterocycles. The number of rotatable bonds is 2. The maximum atomic E-state index is 13.1. The van der Waals surface area contributed by atoms with Crippen molar-refractivity contribution in [3.63, 3.8) is 0 Å². The lowest BCUT2D eigenvalue weighted by Crippen LogP contribution is -2.56. The highest BCUT2D eigenvalue weighted by atomic mass is 19.4. The molecule has 2 rings (SSSR count). The third kappa shape index (κ3) is 2.63. The minimum absolute atomic E-state index is 0.0133. The second-order valence-electron chi connectivity index (χ2n) is 4.64. The summed E-state index contributed by atoms with van der Waals surface area (Å²) < 4.78 is 52.3. The quantitative estimate of drug-likeness (QED) is 0.854. The number of amides is 1. The molecule has 1 heterocycles. The van der Waals surface area contributed by atoms with E-state index >= 15 is 0 Å². The number of carbonyl (C=O) groups excluding carboxylic acids is 1. The third-order valence-corrected chi connectivity index (χ3v) is 3.17. The van der Waals surface area contributed by atoms with Gasteiger partial charge in [0.25, 0.3) is 11.6 Å². The van der Waals surface area contributed by atoms with Crippen molar-refractivity contribution in [1.82, 2.24) is 5.01 Å². The molecule has 1 aromatic carbocycles. The van der Waals surface area contributed by atoms with Crippen molar-refractivity contribution >= 4 is 11.6 Å². The summed E-state index contributed by atoms with van der Waals surface area (Å²) in [5, 5.41) is 13.4. The Bertz CT molecular complexity index is 600. The van der Waals surface area contributed by atoms with E-state index in [2.05, 4.69) is 5.10 Å². The highest BCUT2D eigenvalue weighted by Gasteiger charge is 2.63. The van der Waals surface area contributed by atoms with E-state index in [1.807, 2.05) is 0 Å². The van der Waals surface area contributed by atoms with E-state index < -0.39 is 30.0 Å². The fraction of sp³-hybridized carbons (Fsp3) is 0.385. The highest BCUT2D eigenvalue weighted by Crippen LogP contribution is 2.41. The summed E-state index contributed by atoms with van der Waals surface area (Å²) >= 11 is 0. The van der Waals surface area contributed by atoms with Gasteiger partial charge in [-0.1, -0.05) is 13.0 Å². The molecule has 1 N–H and O–H groups in total. The molecule has 0 aliphatic carbocycles. The molecule has 21 heavy (non-hydrogen) atoms. The molecular formula is C13H12F4N2O2. The van der Waals surface area contributed by atoms with Gasteiger partial charge in [-0.05, 0) is 24.6 Å². The summed E-state index contributed by atoms with van der Waals surface area (Å²) in [6.45, 7) is 1.56. The van der Waals surface area contributed by atoms with Crippen LogP contribution in [0.5, 0.6) is 0 Å². The van der Waals surface area contributed by atoms with Gasteiger partial charge in [-0.25, -0.2) is 4.39 Å². The van der Waals surface area contributed by atoms with Gasteiger partial charge in [0.05, 0.1) is 0 Å². The maximum Gasteiger partial charge on any atom is 0.438 e. The van der Waals surface area contributed by atoms with Crippen LogP contribution >= 0.6 is 0 Å². The lowest BCUT2D eigenvalue weighted by molar-refractivity contribution is -0.297. The molecule has 0 aromatic heterocycles. The number of benzene rings is 1. The minimum atomic E-state index is -5.07. The van der Waals surface area contributed by atoms with Gasteiger partial charge in [0.15, 0.2) is 0 Å². The molecule has 1 amide bonds. The van der Waals surface area contributed by atoms with Crippen molar-refractivity contribution in [2.75, 3.05) is 0 Å². The fourth-order valence-electron chi connectivity index (χ4n) is 1.99. The predicted molar refractivity (Wildman–Crippen MR) is 65.9 cm³/mol. The van der Waals surface area contributed by atoms with Crippen LogP contribution in [0.15, 0.2) is 29.4 Å². The first-order valence-electron chi connectivity index (χ1n) is 6.14. The van der Waals surface area contributed by atoms with Crippen LogP contribution in [0.2, 0.25) is 0 Å². The highest BCUT2D eigenvalue weighted by molar-refractivity contribution is 5.98. The molecule has 4 nitrogen and oxygen atoms in total. The molecule has 1 aliphatic rings. The summed E-state index contributed by atoms with van der Waals surface area (Å²) in [5.74, 6) is -1.98. The topological polar surface area (TPSA) is 52.9 Å². The molecule has 114 valence electrons. The third-order valence-electron chi connectivity index (χ3n) is 3.17. The molecule has 0 unspecified atom stereocenters. The Labute approximate surface area is 117 Å². The number of nitrogens with zero attached hydrogens (tertiary/aromatic N) is 2. The number of aliphatic hydroxyl groups is 1. The molecule has 0 spiro atoms. The van der Waals surface area contributed by atoms with E-state index in [0.29, 0.717) is 0 Å². The average molecular weight is 304 g/mol. The van der Waals surface area contributed by atoms with Gasteiger partial charge < -0.3 is 5.11 Å². The van der Waals surface area contributed by atoms with Gasteiger partial charge in [0.2, 0.25) is 0 Å². The van der Waals surface area contributed by atoms with Crippen LogP contribution in [0.25, 0.3) is 0 Å². The average Bonchev–Trinajstić information content (AvgIpc) is 2.76. The van der Waals surface area contributed by atoms with Crippen molar-refractivity contribution in [3.05, 3.63) is 35.6 Å². The van der Waals surface area contributed by atoms with E-state index in [-0.39, 0.29) is 22.7 Å². The zero-order chi connectivity index (χ0) is 15.8. The standard InChI is InChI=1S/C13H12F4N2O2/c1-2-10-7-12(21,13(15,16)17)19(18-10)11(20)8-4-3-5-9(14)6-8/h3-6,21H,2,7H2,1H3/t12-/m0/s1. The van der Waals surface area contributed by atoms with Crippen LogP contribution in [-0.4, -0.2) is 33.6 Å². The van der Waals surface area contributed by atoms with Gasteiger partial charge in [0.1, 0.15) is 5.82 Å². The smallest absolute Gasteiger partial charge is 0.362 e. The number of carbonyl (C=O) groups is 1. The number of halogens is 4. The normalized spacial score (nSPS) is 22.4. The molecule has 8 heteroatoms. The first kappa shape index (κ1) is 15.4. The van der Waals surface area contributed by atoms with Crippen molar-refractivity contribution in [1.29, 1.82) is 0 Å². The second kappa shape index (κ2) is 5.10. The van der Waals surface area contributed by atoms with Crippen LogP contribution in [0.1, 0.15) is 30.1 Å². The zero-order valence-electron chi connectivity index (χ0n) is 11.0. The van der Waals surface area contributed by atoms with Crippen molar-refractivity contribution < 1.29 is 27.5 Å². The van der Waals surface area contributed by atoms with E-state index in [4.69, 9.17) is 0 Å². The first-order valence-corrected chi connectivity index (χ1v) is 6.14. The van der Waals surface area contributed by atoms with Crippen LogP contribution in [-0.2, 0) is 0 Å². The molecule has 1 aromatic rings. The van der Waals surface area contributed by atoms with E-state index in [0.717, 1.165) is 18.2 Å². The van der Waals surface area contributed by atoms with Gasteiger partial charge in [0, 0.05) is 17.7 Å². The molecular weight excluding hydrogens is 292 g/mol. The monoisotopic (exact) mass is 304 g/mol. The Morgan fingerprint density at radius 1 is 1.48 bits per heavy atom. The number of hydrogen-bond acceptors (Lipinski definition) is 3. The molecule has 0 fully saturated rings. The van der Waals surface area contributed by atoms with Crippen molar-refractivity contribution in [3.8, 4) is 0 Å². The Morgan fingerprint density at radius 3 is 2.67 bits per heavy atom. The first-order chi connectivity index (χ1) is 9.69. The van der Waals surface area contributed by atoms with Crippen LogP contribution in [0.4, 0.5) is 17.6 Å². The van der Waals surface area contributed by atoms with Crippen molar-refractivity contribution in [2.45, 2.75) is 31.7 Å². The van der Waals surface area contributed by atoms with Crippen molar-refractivity contribution in [2.24, 2.45) is 5.10 Å². The van der Waals surface area contributed by atoms with E-state index in [1.54, 1.807) is 6.92 Å². The van der Waals surface area contributed by atoms with E-state index in [9.17, 15) is 27.5 Å². The largest absolute Gasteiger partial charge is 0.438 e.